The first-order chi connectivity index (χ1) is 12.5. The van der Waals surface area contributed by atoms with E-state index in [1.807, 2.05) is 36.4 Å². The van der Waals surface area contributed by atoms with Gasteiger partial charge in [-0.25, -0.2) is 0 Å². The summed E-state index contributed by atoms with van der Waals surface area (Å²) in [5, 5.41) is 0.475. The summed E-state index contributed by atoms with van der Waals surface area (Å²) in [4.78, 5) is 13.5. The summed E-state index contributed by atoms with van der Waals surface area (Å²) in [6, 6.07) is 13.7. The number of likely N-dealkylation sites (tertiary alicyclic amines) is 1. The molecule has 6 heteroatoms. The van der Waals surface area contributed by atoms with Crippen molar-refractivity contribution in [2.24, 2.45) is 5.92 Å². The number of nitrogens with zero attached hydrogens (tertiary/aromatic N) is 1. The molecule has 0 N–H and O–H groups in total. The largest absolute Gasteiger partial charge is 0.489 e. The van der Waals surface area contributed by atoms with Crippen molar-refractivity contribution in [3.05, 3.63) is 63.1 Å². The zero-order valence-electron chi connectivity index (χ0n) is 14.3. The number of carbonyl (C=O) groups excluding carboxylic acids is 1. The number of halogens is 3. The molecule has 1 unspecified atom stereocenters. The van der Waals surface area contributed by atoms with Gasteiger partial charge in [-0.2, -0.15) is 0 Å². The Morgan fingerprint density at radius 3 is 2.73 bits per heavy atom. The number of hydrogen-bond donors (Lipinski definition) is 0. The van der Waals surface area contributed by atoms with Crippen LogP contribution in [-0.4, -0.2) is 23.2 Å². The van der Waals surface area contributed by atoms with Crippen molar-refractivity contribution < 1.29 is 9.53 Å². The van der Waals surface area contributed by atoms with Gasteiger partial charge in [-0.1, -0.05) is 39.7 Å². The van der Waals surface area contributed by atoms with Gasteiger partial charge < -0.3 is 4.74 Å². The van der Waals surface area contributed by atoms with E-state index in [1.165, 1.54) is 0 Å². The zero-order chi connectivity index (χ0) is 18.5. The summed E-state index contributed by atoms with van der Waals surface area (Å²) in [5.41, 5.74) is 2.20. The third kappa shape index (κ3) is 5.71. The molecule has 0 amide bonds. The Balaban J connectivity index is 1.64. The maximum Gasteiger partial charge on any atom is 0.221 e. The molecule has 1 heterocycles. The maximum absolute atomic E-state index is 11.1. The monoisotopic (exact) mass is 455 g/mol. The number of rotatable bonds is 7. The molecular weight excluding hydrogens is 437 g/mol. The molecule has 1 saturated heterocycles. The summed E-state index contributed by atoms with van der Waals surface area (Å²) in [7, 11) is 0. The fourth-order valence-electron chi connectivity index (χ4n) is 3.25. The van der Waals surface area contributed by atoms with Crippen molar-refractivity contribution in [3.8, 4) is 5.75 Å². The molecule has 0 saturated carbocycles. The van der Waals surface area contributed by atoms with Gasteiger partial charge in [0.1, 0.15) is 12.4 Å². The molecule has 1 atom stereocenters. The van der Waals surface area contributed by atoms with Gasteiger partial charge in [0, 0.05) is 34.6 Å². The number of benzene rings is 2. The second-order valence-corrected chi connectivity index (χ2v) is 8.39. The normalized spacial score (nSPS) is 17.4. The van der Waals surface area contributed by atoms with Gasteiger partial charge in [0.05, 0.1) is 0 Å². The van der Waals surface area contributed by atoms with Crippen molar-refractivity contribution in [2.75, 3.05) is 13.1 Å². The van der Waals surface area contributed by atoms with Crippen LogP contribution in [0.1, 0.15) is 24.0 Å². The molecule has 1 aliphatic rings. The molecular formula is C20H20BrCl2NO2. The van der Waals surface area contributed by atoms with Crippen LogP contribution < -0.4 is 4.74 Å². The summed E-state index contributed by atoms with van der Waals surface area (Å²) in [5.74, 6) is 1.23. The van der Waals surface area contributed by atoms with E-state index < -0.39 is 0 Å². The first kappa shape index (κ1) is 19.7. The molecule has 0 spiro atoms. The Hall–Kier alpha value is -1.07. The number of ether oxygens (including phenoxy) is 1. The molecule has 26 heavy (non-hydrogen) atoms. The van der Waals surface area contributed by atoms with Crippen LogP contribution in [0.15, 0.2) is 46.9 Å². The molecule has 0 aromatic heterocycles. The second-order valence-electron chi connectivity index (χ2n) is 6.62. The minimum Gasteiger partial charge on any atom is -0.489 e. The zero-order valence-corrected chi connectivity index (χ0v) is 17.4. The van der Waals surface area contributed by atoms with Gasteiger partial charge in [0.15, 0.2) is 0 Å². The van der Waals surface area contributed by atoms with Crippen molar-refractivity contribution in [2.45, 2.75) is 26.0 Å². The van der Waals surface area contributed by atoms with E-state index in [0.29, 0.717) is 18.9 Å². The lowest BCUT2D eigenvalue weighted by Crippen LogP contribution is -2.21. The molecule has 0 bridgehead atoms. The minimum atomic E-state index is -0.244. The number of carbonyl (C=O) groups is 1. The van der Waals surface area contributed by atoms with E-state index in [-0.39, 0.29) is 5.24 Å². The van der Waals surface area contributed by atoms with Gasteiger partial charge >= 0.3 is 0 Å². The van der Waals surface area contributed by atoms with Crippen LogP contribution in [0.4, 0.5) is 0 Å². The van der Waals surface area contributed by atoms with E-state index in [2.05, 4.69) is 26.9 Å². The Morgan fingerprint density at radius 1 is 1.23 bits per heavy atom. The van der Waals surface area contributed by atoms with Crippen LogP contribution in [-0.2, 0) is 17.9 Å². The minimum absolute atomic E-state index is 0.244. The van der Waals surface area contributed by atoms with Crippen LogP contribution in [0.5, 0.6) is 5.75 Å². The summed E-state index contributed by atoms with van der Waals surface area (Å²) in [6.07, 6.45) is 1.46. The SMILES string of the molecule is O=C(Cl)CC1CCN(Cc2cc(Br)ccc2OCc2ccc(Cl)cc2)C1. The lowest BCUT2D eigenvalue weighted by Gasteiger charge is -2.19. The molecule has 0 aliphatic carbocycles. The van der Waals surface area contributed by atoms with Crippen molar-refractivity contribution >= 4 is 44.4 Å². The van der Waals surface area contributed by atoms with Crippen molar-refractivity contribution in [1.29, 1.82) is 0 Å². The fourth-order valence-corrected chi connectivity index (χ4v) is 4.00. The van der Waals surface area contributed by atoms with Crippen LogP contribution >= 0.6 is 39.1 Å². The highest BCUT2D eigenvalue weighted by Crippen LogP contribution is 2.29. The van der Waals surface area contributed by atoms with Crippen LogP contribution in [0, 0.1) is 5.92 Å². The molecule has 2 aromatic carbocycles. The van der Waals surface area contributed by atoms with Gasteiger partial charge in [-0.3, -0.25) is 9.69 Å². The molecule has 1 fully saturated rings. The summed E-state index contributed by atoms with van der Waals surface area (Å²) < 4.78 is 7.08. The van der Waals surface area contributed by atoms with Crippen LogP contribution in [0.2, 0.25) is 5.02 Å². The van der Waals surface area contributed by atoms with Crippen LogP contribution in [0.3, 0.4) is 0 Å². The lowest BCUT2D eigenvalue weighted by atomic mass is 10.1. The second kappa shape index (κ2) is 9.23. The smallest absolute Gasteiger partial charge is 0.221 e. The summed E-state index contributed by atoms with van der Waals surface area (Å²) >= 11 is 15.0. The Labute approximate surface area is 172 Å². The molecule has 0 radical (unpaired) electrons. The summed E-state index contributed by atoms with van der Waals surface area (Å²) in [6.45, 7) is 3.15. The third-order valence-corrected chi connectivity index (χ3v) is 5.44. The van der Waals surface area contributed by atoms with Gasteiger partial charge in [0.25, 0.3) is 0 Å². The first-order valence-electron chi connectivity index (χ1n) is 8.56. The van der Waals surface area contributed by atoms with E-state index in [9.17, 15) is 4.79 Å². The number of hydrogen-bond acceptors (Lipinski definition) is 3. The highest BCUT2D eigenvalue weighted by molar-refractivity contribution is 9.10. The predicted octanol–water partition coefficient (Wildman–Crippen LogP) is 5.66. The van der Waals surface area contributed by atoms with Crippen LogP contribution in [0.25, 0.3) is 0 Å². The molecule has 2 aromatic rings. The van der Waals surface area contributed by atoms with E-state index in [1.54, 1.807) is 0 Å². The molecule has 138 valence electrons. The van der Waals surface area contributed by atoms with Gasteiger partial charge in [0.2, 0.25) is 5.24 Å². The average molecular weight is 457 g/mol. The Kier molecular flexibility index (Phi) is 6.98. The van der Waals surface area contributed by atoms with E-state index in [0.717, 1.165) is 52.4 Å². The van der Waals surface area contributed by atoms with Crippen molar-refractivity contribution in [1.82, 2.24) is 4.90 Å². The molecule has 3 nitrogen and oxygen atoms in total. The van der Waals surface area contributed by atoms with Gasteiger partial charge in [-0.05, 0) is 66.4 Å². The lowest BCUT2D eigenvalue weighted by molar-refractivity contribution is -0.112. The standard InChI is InChI=1S/C20H20BrCl2NO2/c21-17-3-6-19(26-13-14-1-4-18(22)5-2-14)16(10-17)12-24-8-7-15(11-24)9-20(23)25/h1-6,10,15H,7-9,11-13H2. The van der Waals surface area contributed by atoms with Crippen molar-refractivity contribution in [3.63, 3.8) is 0 Å². The van der Waals surface area contributed by atoms with E-state index >= 15 is 0 Å². The first-order valence-corrected chi connectivity index (χ1v) is 10.1. The third-order valence-electron chi connectivity index (χ3n) is 4.54. The highest BCUT2D eigenvalue weighted by Gasteiger charge is 2.24. The Bertz CT molecular complexity index is 767. The predicted molar refractivity (Wildman–Crippen MR) is 109 cm³/mol. The fraction of sp³-hybridized carbons (Fsp3) is 0.350. The average Bonchev–Trinajstić information content (AvgIpc) is 3.02. The molecule has 3 rings (SSSR count). The Morgan fingerprint density at radius 2 is 2.00 bits per heavy atom. The molecule has 1 aliphatic heterocycles. The van der Waals surface area contributed by atoms with Gasteiger partial charge in [-0.15, -0.1) is 0 Å². The maximum atomic E-state index is 11.1. The van der Waals surface area contributed by atoms with E-state index in [4.69, 9.17) is 27.9 Å². The highest BCUT2D eigenvalue weighted by atomic mass is 79.9. The topological polar surface area (TPSA) is 29.5 Å². The quantitative estimate of drug-likeness (QED) is 0.503.